The summed E-state index contributed by atoms with van der Waals surface area (Å²) in [5.41, 5.74) is 1.99. The number of aryl methyl sites for hydroxylation is 1. The number of amides is 3. The van der Waals surface area contributed by atoms with Crippen molar-refractivity contribution in [1.29, 1.82) is 0 Å². The van der Waals surface area contributed by atoms with Gasteiger partial charge in [0.15, 0.2) is 0 Å². The van der Waals surface area contributed by atoms with Gasteiger partial charge in [0.05, 0.1) is 12.2 Å². The number of hydrogen-bond acceptors (Lipinski definition) is 3. The normalized spacial score (nSPS) is 19.4. The zero-order valence-corrected chi connectivity index (χ0v) is 20.1. The fourth-order valence-electron chi connectivity index (χ4n) is 4.56. The maximum atomic E-state index is 13.3. The van der Waals surface area contributed by atoms with Crippen molar-refractivity contribution in [2.24, 2.45) is 5.92 Å². The Labute approximate surface area is 200 Å². The average molecular weight is 470 g/mol. The number of nitrogens with one attached hydrogen (secondary N) is 1. The number of benzene rings is 2. The molecule has 3 amide bonds. The first kappa shape index (κ1) is 23.4. The molecule has 0 aliphatic carbocycles. The van der Waals surface area contributed by atoms with Gasteiger partial charge in [-0.3, -0.25) is 9.69 Å². The Balaban J connectivity index is 1.28. The van der Waals surface area contributed by atoms with Crippen LogP contribution in [0.15, 0.2) is 48.5 Å². The van der Waals surface area contributed by atoms with Gasteiger partial charge in [-0.15, -0.1) is 0 Å². The summed E-state index contributed by atoms with van der Waals surface area (Å²) in [4.78, 5) is 29.7. The molecule has 0 unspecified atom stereocenters. The standard InChI is InChI=1S/C26H32ClN3O3/c1-18(8-9-20-6-4-3-5-7-20)28-25(31)21-12-14-29(15-13-21)26(32)30-17-19(2)33-24-11-10-22(27)16-23(24)30/h3-7,10-11,16,18-19,21H,8-9,12-15,17H2,1-2H3,(H,28,31)/t18-,19+/m1/s1. The molecule has 0 spiro atoms. The molecule has 1 fully saturated rings. The number of hydrogen-bond donors (Lipinski definition) is 1. The number of anilines is 1. The number of piperidine rings is 1. The first-order valence-electron chi connectivity index (χ1n) is 11.8. The van der Waals surface area contributed by atoms with E-state index in [4.69, 9.17) is 16.3 Å². The molecule has 4 rings (SSSR count). The van der Waals surface area contributed by atoms with Crippen LogP contribution in [0.4, 0.5) is 10.5 Å². The lowest BCUT2D eigenvalue weighted by molar-refractivity contribution is -0.126. The monoisotopic (exact) mass is 469 g/mol. The number of rotatable bonds is 5. The van der Waals surface area contributed by atoms with Crippen LogP contribution in [0.2, 0.25) is 5.02 Å². The molecular weight excluding hydrogens is 438 g/mol. The van der Waals surface area contributed by atoms with Crippen molar-refractivity contribution < 1.29 is 14.3 Å². The van der Waals surface area contributed by atoms with E-state index < -0.39 is 0 Å². The maximum Gasteiger partial charge on any atom is 0.324 e. The SMILES string of the molecule is C[C@H](CCc1ccccc1)NC(=O)C1CCN(C(=O)N2C[C@H](C)Oc3ccc(Cl)cc32)CC1. The van der Waals surface area contributed by atoms with Crippen molar-refractivity contribution in [2.75, 3.05) is 24.5 Å². The van der Waals surface area contributed by atoms with Crippen LogP contribution in [-0.2, 0) is 11.2 Å². The number of carbonyl (C=O) groups is 2. The van der Waals surface area contributed by atoms with Crippen LogP contribution in [0.1, 0.15) is 38.7 Å². The van der Waals surface area contributed by atoms with Gasteiger partial charge in [-0.05, 0) is 63.3 Å². The second kappa shape index (κ2) is 10.5. The lowest BCUT2D eigenvalue weighted by atomic mass is 9.95. The van der Waals surface area contributed by atoms with Gasteiger partial charge in [0.1, 0.15) is 11.9 Å². The Bertz CT molecular complexity index is 976. The summed E-state index contributed by atoms with van der Waals surface area (Å²) in [7, 11) is 0. The zero-order valence-electron chi connectivity index (χ0n) is 19.3. The van der Waals surface area contributed by atoms with E-state index in [1.54, 1.807) is 17.0 Å². The van der Waals surface area contributed by atoms with Crippen molar-refractivity contribution >= 4 is 29.2 Å². The number of nitrogens with zero attached hydrogens (tertiary/aromatic N) is 2. The van der Waals surface area contributed by atoms with Crippen LogP contribution >= 0.6 is 11.6 Å². The third-order valence-corrected chi connectivity index (χ3v) is 6.68. The molecule has 2 atom stereocenters. The van der Waals surface area contributed by atoms with Crippen molar-refractivity contribution in [3.8, 4) is 5.75 Å². The molecule has 2 aliphatic heterocycles. The van der Waals surface area contributed by atoms with Gasteiger partial charge >= 0.3 is 6.03 Å². The molecule has 176 valence electrons. The quantitative estimate of drug-likeness (QED) is 0.677. The first-order valence-corrected chi connectivity index (χ1v) is 12.2. The second-order valence-corrected chi connectivity index (χ2v) is 9.57. The van der Waals surface area contributed by atoms with Gasteiger partial charge in [0, 0.05) is 30.1 Å². The van der Waals surface area contributed by atoms with Gasteiger partial charge in [-0.2, -0.15) is 0 Å². The minimum atomic E-state index is -0.0942. The Hall–Kier alpha value is -2.73. The number of carbonyl (C=O) groups excluding carboxylic acids is 2. The molecule has 1 N–H and O–H groups in total. The van der Waals surface area contributed by atoms with E-state index in [1.807, 2.05) is 36.1 Å². The average Bonchev–Trinajstić information content (AvgIpc) is 2.83. The van der Waals surface area contributed by atoms with Crippen molar-refractivity contribution in [1.82, 2.24) is 10.2 Å². The van der Waals surface area contributed by atoms with Gasteiger partial charge < -0.3 is 15.0 Å². The Morgan fingerprint density at radius 1 is 1.15 bits per heavy atom. The van der Waals surface area contributed by atoms with Crippen LogP contribution in [0, 0.1) is 5.92 Å². The highest BCUT2D eigenvalue weighted by Crippen LogP contribution is 2.36. The highest BCUT2D eigenvalue weighted by atomic mass is 35.5. The topological polar surface area (TPSA) is 61.9 Å². The molecule has 7 heteroatoms. The Morgan fingerprint density at radius 2 is 1.88 bits per heavy atom. The molecule has 0 saturated carbocycles. The van der Waals surface area contributed by atoms with E-state index in [1.165, 1.54) is 5.56 Å². The van der Waals surface area contributed by atoms with Crippen LogP contribution < -0.4 is 15.0 Å². The Kier molecular flexibility index (Phi) is 7.43. The third-order valence-electron chi connectivity index (χ3n) is 6.44. The van der Waals surface area contributed by atoms with Crippen LogP contribution in [0.3, 0.4) is 0 Å². The van der Waals surface area contributed by atoms with Gasteiger partial charge in [0.2, 0.25) is 5.91 Å². The number of fused-ring (bicyclic) bond motifs is 1. The molecule has 2 heterocycles. The van der Waals surface area contributed by atoms with Crippen LogP contribution in [0.5, 0.6) is 5.75 Å². The highest BCUT2D eigenvalue weighted by Gasteiger charge is 2.34. The summed E-state index contributed by atoms with van der Waals surface area (Å²) in [6.07, 6.45) is 3.10. The molecule has 2 aliphatic rings. The molecule has 2 aromatic carbocycles. The fourth-order valence-corrected chi connectivity index (χ4v) is 4.72. The van der Waals surface area contributed by atoms with E-state index in [0.29, 0.717) is 48.9 Å². The van der Waals surface area contributed by atoms with E-state index in [2.05, 4.69) is 24.4 Å². The summed E-state index contributed by atoms with van der Waals surface area (Å²) >= 11 is 6.17. The number of likely N-dealkylation sites (tertiary alicyclic amines) is 1. The number of ether oxygens (including phenoxy) is 1. The van der Waals surface area contributed by atoms with Crippen LogP contribution in [-0.4, -0.2) is 48.6 Å². The van der Waals surface area contributed by atoms with E-state index >= 15 is 0 Å². The zero-order chi connectivity index (χ0) is 23.4. The third kappa shape index (κ3) is 5.80. The smallest absolute Gasteiger partial charge is 0.324 e. The van der Waals surface area contributed by atoms with Crippen LogP contribution in [0.25, 0.3) is 0 Å². The van der Waals surface area contributed by atoms with E-state index in [9.17, 15) is 9.59 Å². The lowest BCUT2D eigenvalue weighted by Crippen LogP contribution is -2.52. The summed E-state index contributed by atoms with van der Waals surface area (Å²) in [6, 6.07) is 15.7. The fraction of sp³-hybridized carbons (Fsp3) is 0.462. The highest BCUT2D eigenvalue weighted by molar-refractivity contribution is 6.31. The van der Waals surface area contributed by atoms with Gasteiger partial charge in [0.25, 0.3) is 0 Å². The number of halogens is 1. The maximum absolute atomic E-state index is 13.3. The Morgan fingerprint density at radius 3 is 2.61 bits per heavy atom. The van der Waals surface area contributed by atoms with Gasteiger partial charge in [-0.1, -0.05) is 41.9 Å². The predicted octanol–water partition coefficient (Wildman–Crippen LogP) is 4.90. The lowest BCUT2D eigenvalue weighted by Gasteiger charge is -2.39. The minimum absolute atomic E-state index is 0.0521. The summed E-state index contributed by atoms with van der Waals surface area (Å²) in [5.74, 6) is 0.712. The van der Waals surface area contributed by atoms with Crippen molar-refractivity contribution in [3.05, 3.63) is 59.1 Å². The molecular formula is C26H32ClN3O3. The second-order valence-electron chi connectivity index (χ2n) is 9.13. The molecule has 0 aromatic heterocycles. The van der Waals surface area contributed by atoms with Crippen molar-refractivity contribution in [2.45, 2.75) is 51.7 Å². The largest absolute Gasteiger partial charge is 0.487 e. The predicted molar refractivity (Wildman–Crippen MR) is 131 cm³/mol. The summed E-state index contributed by atoms with van der Waals surface area (Å²) in [6.45, 7) is 5.62. The first-order chi connectivity index (χ1) is 15.9. The molecule has 2 aromatic rings. The number of urea groups is 1. The summed E-state index contributed by atoms with van der Waals surface area (Å²) < 4.78 is 5.86. The van der Waals surface area contributed by atoms with Gasteiger partial charge in [-0.25, -0.2) is 4.79 Å². The molecule has 1 saturated heterocycles. The van der Waals surface area contributed by atoms with E-state index in [-0.39, 0.29) is 30.0 Å². The minimum Gasteiger partial charge on any atom is -0.487 e. The molecule has 0 radical (unpaired) electrons. The summed E-state index contributed by atoms with van der Waals surface area (Å²) in [5, 5.41) is 3.74. The molecule has 33 heavy (non-hydrogen) atoms. The molecule has 0 bridgehead atoms. The molecule has 6 nitrogen and oxygen atoms in total. The van der Waals surface area contributed by atoms with E-state index in [0.717, 1.165) is 12.8 Å². The van der Waals surface area contributed by atoms with Crippen molar-refractivity contribution in [3.63, 3.8) is 0 Å².